The summed E-state index contributed by atoms with van der Waals surface area (Å²) < 4.78 is 7.46. The first kappa shape index (κ1) is 16.8. The maximum Gasteiger partial charge on any atom is 0.260 e. The Balaban J connectivity index is 2.06. The SMILES string of the molecule is CC(C)CCCOc1cc2c(cc1Cl)c1ccncc1c(=O)n2C. The van der Waals surface area contributed by atoms with Crippen molar-refractivity contribution < 1.29 is 4.74 Å². The Morgan fingerprint density at radius 2 is 2.04 bits per heavy atom. The highest BCUT2D eigenvalue weighted by Crippen LogP contribution is 2.32. The Bertz CT molecular complexity index is 947. The van der Waals surface area contributed by atoms with E-state index in [1.54, 1.807) is 24.0 Å². The van der Waals surface area contributed by atoms with E-state index < -0.39 is 0 Å². The molecule has 1 aromatic carbocycles. The molecule has 126 valence electrons. The van der Waals surface area contributed by atoms with E-state index in [4.69, 9.17) is 16.3 Å². The highest BCUT2D eigenvalue weighted by Gasteiger charge is 2.12. The molecule has 3 aromatic rings. The molecule has 0 amide bonds. The van der Waals surface area contributed by atoms with Gasteiger partial charge in [-0.1, -0.05) is 25.4 Å². The van der Waals surface area contributed by atoms with Crippen LogP contribution in [0.5, 0.6) is 5.75 Å². The molecule has 0 saturated carbocycles. The van der Waals surface area contributed by atoms with Crippen LogP contribution in [0.1, 0.15) is 26.7 Å². The fraction of sp³-hybridized carbons (Fsp3) is 0.368. The molecule has 0 spiro atoms. The van der Waals surface area contributed by atoms with Crippen LogP contribution in [0, 0.1) is 5.92 Å². The summed E-state index contributed by atoms with van der Waals surface area (Å²) in [7, 11) is 1.76. The number of rotatable bonds is 5. The lowest BCUT2D eigenvalue weighted by Gasteiger charge is -2.13. The molecule has 0 atom stereocenters. The van der Waals surface area contributed by atoms with E-state index >= 15 is 0 Å². The molecule has 0 aliphatic heterocycles. The number of aryl methyl sites for hydroxylation is 1. The van der Waals surface area contributed by atoms with Crippen LogP contribution in [0.3, 0.4) is 0 Å². The molecule has 0 radical (unpaired) electrons. The largest absolute Gasteiger partial charge is 0.492 e. The summed E-state index contributed by atoms with van der Waals surface area (Å²) in [5.41, 5.74) is 0.737. The van der Waals surface area contributed by atoms with E-state index in [2.05, 4.69) is 18.8 Å². The van der Waals surface area contributed by atoms with Gasteiger partial charge in [0.25, 0.3) is 5.56 Å². The van der Waals surface area contributed by atoms with Gasteiger partial charge in [-0.2, -0.15) is 0 Å². The summed E-state index contributed by atoms with van der Waals surface area (Å²) in [5.74, 6) is 1.28. The molecule has 0 aliphatic carbocycles. The molecule has 4 nitrogen and oxygen atoms in total. The molecule has 0 N–H and O–H groups in total. The Morgan fingerprint density at radius 3 is 2.79 bits per heavy atom. The van der Waals surface area contributed by atoms with Gasteiger partial charge in [0.2, 0.25) is 0 Å². The molecule has 5 heteroatoms. The average molecular weight is 345 g/mol. The number of hydrogen-bond donors (Lipinski definition) is 0. The van der Waals surface area contributed by atoms with Gasteiger partial charge in [-0.15, -0.1) is 0 Å². The van der Waals surface area contributed by atoms with Gasteiger partial charge in [-0.25, -0.2) is 0 Å². The van der Waals surface area contributed by atoms with E-state index in [9.17, 15) is 4.79 Å². The highest BCUT2D eigenvalue weighted by atomic mass is 35.5. The van der Waals surface area contributed by atoms with Crippen molar-refractivity contribution in [3.63, 3.8) is 0 Å². The van der Waals surface area contributed by atoms with Crippen LogP contribution in [0.4, 0.5) is 0 Å². The lowest BCUT2D eigenvalue weighted by molar-refractivity contribution is 0.298. The number of hydrogen-bond acceptors (Lipinski definition) is 3. The van der Waals surface area contributed by atoms with Crippen LogP contribution in [0.2, 0.25) is 5.02 Å². The summed E-state index contributed by atoms with van der Waals surface area (Å²) in [5, 5.41) is 2.93. The second kappa shape index (κ2) is 6.81. The van der Waals surface area contributed by atoms with Crippen LogP contribution in [0.25, 0.3) is 21.7 Å². The molecule has 0 fully saturated rings. The minimum absolute atomic E-state index is 0.0707. The molecule has 0 saturated heterocycles. The second-order valence-electron chi connectivity index (χ2n) is 6.47. The highest BCUT2D eigenvalue weighted by molar-refractivity contribution is 6.33. The number of pyridine rings is 2. The van der Waals surface area contributed by atoms with Crippen molar-refractivity contribution in [1.82, 2.24) is 9.55 Å². The van der Waals surface area contributed by atoms with Crippen molar-refractivity contribution in [3.8, 4) is 5.75 Å². The first-order valence-electron chi connectivity index (χ1n) is 8.18. The normalized spacial score (nSPS) is 11.5. The maximum atomic E-state index is 12.5. The predicted molar refractivity (Wildman–Crippen MR) is 99.1 cm³/mol. The average Bonchev–Trinajstić information content (AvgIpc) is 2.57. The predicted octanol–water partition coefficient (Wildman–Crippen LogP) is 4.56. The second-order valence-corrected chi connectivity index (χ2v) is 6.88. The molecule has 0 unspecified atom stereocenters. The summed E-state index contributed by atoms with van der Waals surface area (Å²) >= 11 is 6.41. The Hall–Kier alpha value is -2.07. The smallest absolute Gasteiger partial charge is 0.260 e. The number of aromatic nitrogens is 2. The van der Waals surface area contributed by atoms with E-state index in [0.29, 0.717) is 28.7 Å². The van der Waals surface area contributed by atoms with Crippen LogP contribution in [0.15, 0.2) is 35.4 Å². The Kier molecular flexibility index (Phi) is 4.76. The van der Waals surface area contributed by atoms with Crippen molar-refractivity contribution in [2.24, 2.45) is 13.0 Å². The quantitative estimate of drug-likeness (QED) is 0.503. The van der Waals surface area contributed by atoms with Crippen molar-refractivity contribution in [3.05, 3.63) is 46.0 Å². The maximum absolute atomic E-state index is 12.5. The molecule has 0 bridgehead atoms. The van der Waals surface area contributed by atoms with Crippen molar-refractivity contribution in [1.29, 1.82) is 0 Å². The van der Waals surface area contributed by atoms with E-state index in [1.165, 1.54) is 0 Å². The third kappa shape index (κ3) is 3.11. The monoisotopic (exact) mass is 344 g/mol. The number of benzene rings is 1. The van der Waals surface area contributed by atoms with Gasteiger partial charge >= 0.3 is 0 Å². The number of fused-ring (bicyclic) bond motifs is 3. The fourth-order valence-corrected chi connectivity index (χ4v) is 3.13. The first-order valence-corrected chi connectivity index (χ1v) is 8.55. The third-order valence-electron chi connectivity index (χ3n) is 4.24. The summed E-state index contributed by atoms with van der Waals surface area (Å²) in [6, 6.07) is 5.57. The lowest BCUT2D eigenvalue weighted by atomic mass is 10.1. The molecule has 2 heterocycles. The van der Waals surface area contributed by atoms with Crippen molar-refractivity contribution in [2.45, 2.75) is 26.7 Å². The van der Waals surface area contributed by atoms with E-state index in [1.807, 2.05) is 18.2 Å². The molecule has 2 aromatic heterocycles. The molecular weight excluding hydrogens is 324 g/mol. The van der Waals surface area contributed by atoms with Crippen LogP contribution in [-0.4, -0.2) is 16.2 Å². The fourth-order valence-electron chi connectivity index (χ4n) is 2.91. The number of halogens is 1. The summed E-state index contributed by atoms with van der Waals surface area (Å²) in [6.45, 7) is 5.01. The van der Waals surface area contributed by atoms with Gasteiger partial charge in [-0.05, 0) is 36.3 Å². The zero-order chi connectivity index (χ0) is 17.3. The van der Waals surface area contributed by atoms with E-state index in [-0.39, 0.29) is 5.56 Å². The number of ether oxygens (including phenoxy) is 1. The molecule has 0 aliphatic rings. The number of nitrogens with zero attached hydrogens (tertiary/aromatic N) is 2. The third-order valence-corrected chi connectivity index (χ3v) is 4.54. The van der Waals surface area contributed by atoms with Gasteiger partial charge in [0.05, 0.1) is 22.5 Å². The van der Waals surface area contributed by atoms with Gasteiger partial charge in [-0.3, -0.25) is 9.78 Å². The Morgan fingerprint density at radius 1 is 1.25 bits per heavy atom. The summed E-state index contributed by atoms with van der Waals surface area (Å²) in [4.78, 5) is 16.6. The minimum atomic E-state index is -0.0707. The Labute approximate surface area is 146 Å². The van der Waals surface area contributed by atoms with Crippen LogP contribution < -0.4 is 10.3 Å². The standard InChI is InChI=1S/C19H21ClN2O2/c1-12(2)5-4-8-24-18-10-17-14(9-16(18)20)13-6-7-21-11-15(13)19(23)22(17)3/h6-7,9-12H,4-5,8H2,1-3H3. The molecule has 3 rings (SSSR count). The van der Waals surface area contributed by atoms with Gasteiger partial charge < -0.3 is 9.30 Å². The lowest BCUT2D eigenvalue weighted by Crippen LogP contribution is -2.17. The van der Waals surface area contributed by atoms with Crippen molar-refractivity contribution in [2.75, 3.05) is 6.61 Å². The molecule has 24 heavy (non-hydrogen) atoms. The van der Waals surface area contributed by atoms with E-state index in [0.717, 1.165) is 29.1 Å². The topological polar surface area (TPSA) is 44.1 Å². The van der Waals surface area contributed by atoms with Gasteiger partial charge in [0.1, 0.15) is 5.75 Å². The van der Waals surface area contributed by atoms with Gasteiger partial charge in [0.15, 0.2) is 0 Å². The first-order chi connectivity index (χ1) is 11.5. The summed E-state index contributed by atoms with van der Waals surface area (Å²) in [6.07, 6.45) is 5.38. The van der Waals surface area contributed by atoms with Crippen LogP contribution in [-0.2, 0) is 7.05 Å². The zero-order valence-electron chi connectivity index (χ0n) is 14.2. The zero-order valence-corrected chi connectivity index (χ0v) is 14.9. The molecular formula is C19H21ClN2O2. The minimum Gasteiger partial charge on any atom is -0.492 e. The van der Waals surface area contributed by atoms with Crippen molar-refractivity contribution >= 4 is 33.3 Å². The van der Waals surface area contributed by atoms with Gasteiger partial charge in [0, 0.05) is 30.9 Å². The van der Waals surface area contributed by atoms with Crippen LogP contribution >= 0.6 is 11.6 Å².